The van der Waals surface area contributed by atoms with Crippen molar-refractivity contribution in [2.24, 2.45) is 5.16 Å². The van der Waals surface area contributed by atoms with Gasteiger partial charge in [-0.25, -0.2) is 9.59 Å². The van der Waals surface area contributed by atoms with Gasteiger partial charge in [0.2, 0.25) is 0 Å². The summed E-state index contributed by atoms with van der Waals surface area (Å²) in [5.74, 6) is -2.10. The number of aromatic hydroxyl groups is 2. The molecule has 0 radical (unpaired) electrons. The van der Waals surface area contributed by atoms with E-state index in [9.17, 15) is 24.6 Å². The van der Waals surface area contributed by atoms with E-state index in [0.717, 1.165) is 25.3 Å². The number of allylic oxidation sites excluding steroid dienone is 1. The Labute approximate surface area is 221 Å². The van der Waals surface area contributed by atoms with Crippen LogP contribution in [0.25, 0.3) is 0 Å². The summed E-state index contributed by atoms with van der Waals surface area (Å²) in [6.07, 6.45) is 10.2. The summed E-state index contributed by atoms with van der Waals surface area (Å²) in [6, 6.07) is 2.40. The number of fused-ring (bicyclic) bond motifs is 1. The molecule has 0 bridgehead atoms. The van der Waals surface area contributed by atoms with Crippen molar-refractivity contribution in [2.45, 2.75) is 44.6 Å². The Morgan fingerprint density at radius 1 is 1.13 bits per heavy atom. The van der Waals surface area contributed by atoms with Crippen LogP contribution in [0.3, 0.4) is 0 Å². The standard InChI is InChI=1S/C27H34N2O9/c1-35-25(33)18-37-22-9-3-6-13-36-27(34)26-19(15-21(30)16-23(26)31)14-20(8-7-10-22)28-38-17-24(32)29-11-4-2-5-12-29/h3,7-9,15-16,22,30-31H,2,4-6,10-14,17-18H2,1H3/b8-7+,9-3+,28-20+. The van der Waals surface area contributed by atoms with E-state index in [1.54, 1.807) is 29.2 Å². The molecule has 0 spiro atoms. The second-order valence-corrected chi connectivity index (χ2v) is 8.89. The van der Waals surface area contributed by atoms with E-state index in [-0.39, 0.29) is 49.0 Å². The van der Waals surface area contributed by atoms with Gasteiger partial charge in [-0.2, -0.15) is 0 Å². The second-order valence-electron chi connectivity index (χ2n) is 8.89. The van der Waals surface area contributed by atoms with Crippen molar-refractivity contribution < 1.29 is 43.6 Å². The van der Waals surface area contributed by atoms with Crippen molar-refractivity contribution in [1.29, 1.82) is 0 Å². The number of esters is 2. The summed E-state index contributed by atoms with van der Waals surface area (Å²) >= 11 is 0. The predicted octanol–water partition coefficient (Wildman–Crippen LogP) is 2.65. The Morgan fingerprint density at radius 2 is 1.92 bits per heavy atom. The third-order valence-electron chi connectivity index (χ3n) is 6.03. The molecule has 1 unspecified atom stereocenters. The van der Waals surface area contributed by atoms with E-state index in [2.05, 4.69) is 9.89 Å². The lowest BCUT2D eigenvalue weighted by Crippen LogP contribution is -2.37. The van der Waals surface area contributed by atoms with Crippen molar-refractivity contribution in [2.75, 3.05) is 40.0 Å². The van der Waals surface area contributed by atoms with Crippen LogP contribution < -0.4 is 0 Å². The lowest BCUT2D eigenvalue weighted by molar-refractivity contribution is -0.147. The summed E-state index contributed by atoms with van der Waals surface area (Å²) in [6.45, 7) is 0.936. The molecule has 0 aromatic heterocycles. The summed E-state index contributed by atoms with van der Waals surface area (Å²) in [5, 5.41) is 24.6. The van der Waals surface area contributed by atoms with Crippen molar-refractivity contribution in [1.82, 2.24) is 4.90 Å². The van der Waals surface area contributed by atoms with Gasteiger partial charge in [0.25, 0.3) is 5.91 Å². The number of benzene rings is 1. The lowest BCUT2D eigenvalue weighted by atomic mass is 9.99. The molecule has 1 atom stereocenters. The van der Waals surface area contributed by atoms with Crippen molar-refractivity contribution in [3.8, 4) is 11.5 Å². The maximum absolute atomic E-state index is 12.8. The molecule has 38 heavy (non-hydrogen) atoms. The number of hydrogen-bond donors (Lipinski definition) is 2. The number of phenolic OH excluding ortho intramolecular Hbond substituents is 2. The molecule has 2 N–H and O–H groups in total. The molecular weight excluding hydrogens is 496 g/mol. The molecular formula is C27H34N2O9. The van der Waals surface area contributed by atoms with Gasteiger partial charge in [0.1, 0.15) is 23.7 Å². The minimum atomic E-state index is -0.758. The van der Waals surface area contributed by atoms with E-state index in [1.807, 2.05) is 0 Å². The van der Waals surface area contributed by atoms with Crippen LogP contribution in [0.4, 0.5) is 0 Å². The molecule has 11 nitrogen and oxygen atoms in total. The van der Waals surface area contributed by atoms with E-state index >= 15 is 0 Å². The van der Waals surface area contributed by atoms with Gasteiger partial charge in [-0.05, 0) is 49.8 Å². The summed E-state index contributed by atoms with van der Waals surface area (Å²) < 4.78 is 15.6. The summed E-state index contributed by atoms with van der Waals surface area (Å²) in [7, 11) is 1.27. The number of likely N-dealkylation sites (tertiary alicyclic amines) is 1. The number of carbonyl (C=O) groups is 3. The molecule has 1 fully saturated rings. The monoisotopic (exact) mass is 530 g/mol. The first kappa shape index (κ1) is 28.7. The fraction of sp³-hybridized carbons (Fsp3) is 0.481. The molecule has 1 aromatic carbocycles. The van der Waals surface area contributed by atoms with Crippen LogP contribution in [0, 0.1) is 0 Å². The number of amides is 1. The smallest absolute Gasteiger partial charge is 0.342 e. The van der Waals surface area contributed by atoms with Crippen molar-refractivity contribution >= 4 is 23.6 Å². The number of cyclic esters (lactones) is 1. The fourth-order valence-corrected chi connectivity index (χ4v) is 4.08. The Morgan fingerprint density at radius 3 is 2.68 bits per heavy atom. The van der Waals surface area contributed by atoms with Gasteiger partial charge in [-0.3, -0.25) is 4.79 Å². The highest BCUT2D eigenvalue weighted by Gasteiger charge is 2.21. The molecule has 1 saturated heterocycles. The molecule has 2 aliphatic heterocycles. The molecule has 206 valence electrons. The van der Waals surface area contributed by atoms with Crippen LogP contribution >= 0.6 is 0 Å². The number of phenols is 2. The zero-order chi connectivity index (χ0) is 27.3. The average Bonchev–Trinajstić information content (AvgIpc) is 2.90. The van der Waals surface area contributed by atoms with Crippen LogP contribution in [-0.4, -0.2) is 84.8 Å². The van der Waals surface area contributed by atoms with Gasteiger partial charge in [-0.1, -0.05) is 23.4 Å². The predicted molar refractivity (Wildman–Crippen MR) is 137 cm³/mol. The highest BCUT2D eigenvalue weighted by molar-refractivity contribution is 6.00. The van der Waals surface area contributed by atoms with E-state index in [4.69, 9.17) is 14.3 Å². The number of carbonyl (C=O) groups excluding carboxylic acids is 3. The van der Waals surface area contributed by atoms with Crippen molar-refractivity contribution in [3.05, 3.63) is 47.6 Å². The lowest BCUT2D eigenvalue weighted by Gasteiger charge is -2.26. The van der Waals surface area contributed by atoms with Gasteiger partial charge in [0, 0.05) is 25.6 Å². The first-order valence-electron chi connectivity index (χ1n) is 12.6. The minimum absolute atomic E-state index is 0.00960. The van der Waals surface area contributed by atoms with Gasteiger partial charge in [-0.15, -0.1) is 0 Å². The Hall–Kier alpha value is -3.86. The molecule has 1 aromatic rings. The van der Waals surface area contributed by atoms with Crippen LogP contribution in [0.15, 0.2) is 41.6 Å². The van der Waals surface area contributed by atoms with Gasteiger partial charge >= 0.3 is 11.9 Å². The molecule has 2 aliphatic rings. The zero-order valence-corrected chi connectivity index (χ0v) is 21.5. The Bertz CT molecular complexity index is 1070. The SMILES string of the molecule is COC(=O)COC1/C=C/CCOC(=O)c2c(O)cc(O)cc2CC(=N/OCC(=O)N2CCCCC2)/C=C/C1. The fourth-order valence-electron chi connectivity index (χ4n) is 4.08. The van der Waals surface area contributed by atoms with E-state index < -0.39 is 23.8 Å². The molecule has 1 amide bonds. The van der Waals surface area contributed by atoms with Crippen LogP contribution in [0.2, 0.25) is 0 Å². The van der Waals surface area contributed by atoms with Crippen LogP contribution in [0.5, 0.6) is 11.5 Å². The topological polar surface area (TPSA) is 144 Å². The highest BCUT2D eigenvalue weighted by Crippen LogP contribution is 2.29. The normalized spacial score (nSPS) is 21.5. The summed E-state index contributed by atoms with van der Waals surface area (Å²) in [5.41, 5.74) is 0.504. The Balaban J connectivity index is 1.84. The van der Waals surface area contributed by atoms with E-state index in [0.29, 0.717) is 31.6 Å². The van der Waals surface area contributed by atoms with Gasteiger partial charge in [0.15, 0.2) is 6.61 Å². The Kier molecular flexibility index (Phi) is 11.2. The number of oxime groups is 1. The van der Waals surface area contributed by atoms with E-state index in [1.165, 1.54) is 13.2 Å². The highest BCUT2D eigenvalue weighted by atomic mass is 16.6. The number of ether oxygens (including phenoxy) is 3. The molecule has 0 aliphatic carbocycles. The number of nitrogens with zero attached hydrogens (tertiary/aromatic N) is 2. The average molecular weight is 531 g/mol. The first-order chi connectivity index (χ1) is 18.4. The third-order valence-corrected chi connectivity index (χ3v) is 6.03. The minimum Gasteiger partial charge on any atom is -0.508 e. The second kappa shape index (κ2) is 14.8. The van der Waals surface area contributed by atoms with Crippen molar-refractivity contribution in [3.63, 3.8) is 0 Å². The maximum atomic E-state index is 12.8. The van der Waals surface area contributed by atoms with Gasteiger partial charge < -0.3 is 34.2 Å². The summed E-state index contributed by atoms with van der Waals surface area (Å²) in [4.78, 5) is 43.9. The molecule has 2 heterocycles. The van der Waals surface area contributed by atoms with Gasteiger partial charge in [0.05, 0.1) is 25.5 Å². The maximum Gasteiger partial charge on any atom is 0.342 e. The number of rotatable bonds is 6. The zero-order valence-electron chi connectivity index (χ0n) is 21.5. The van der Waals surface area contributed by atoms with Crippen LogP contribution in [0.1, 0.15) is 48.0 Å². The first-order valence-corrected chi connectivity index (χ1v) is 12.6. The molecule has 11 heteroatoms. The third kappa shape index (κ3) is 8.91. The molecule has 3 rings (SSSR count). The molecule has 0 saturated carbocycles. The largest absolute Gasteiger partial charge is 0.508 e. The quantitative estimate of drug-likeness (QED) is 0.322. The number of hydrogen-bond acceptors (Lipinski definition) is 10. The van der Waals surface area contributed by atoms with Crippen LogP contribution in [-0.2, 0) is 35.1 Å². The number of methoxy groups -OCH3 is 1. The number of piperidine rings is 1.